The second-order valence-electron chi connectivity index (χ2n) is 7.39. The van der Waals surface area contributed by atoms with Gasteiger partial charge in [0, 0.05) is 31.9 Å². The van der Waals surface area contributed by atoms with Crippen LogP contribution in [0, 0.1) is 11.6 Å². The zero-order valence-corrected chi connectivity index (χ0v) is 17.8. The molecular formula is C23H19F2N7O. The lowest BCUT2D eigenvalue weighted by Crippen LogP contribution is -2.02. The zero-order valence-electron chi connectivity index (χ0n) is 17.8. The van der Waals surface area contributed by atoms with E-state index in [9.17, 15) is 8.78 Å². The Hall–Kier alpha value is -4.34. The smallest absolute Gasteiger partial charge is 0.200 e. The molecule has 0 amide bonds. The normalized spacial score (nSPS) is 11.2. The maximum absolute atomic E-state index is 14.4. The van der Waals surface area contributed by atoms with Gasteiger partial charge < -0.3 is 10.1 Å². The van der Waals surface area contributed by atoms with Crippen LogP contribution in [0.25, 0.3) is 16.8 Å². The highest BCUT2D eigenvalue weighted by Crippen LogP contribution is 2.26. The van der Waals surface area contributed by atoms with Gasteiger partial charge in [-0.25, -0.2) is 9.37 Å². The molecule has 1 N–H and O–H groups in total. The van der Waals surface area contributed by atoms with Crippen molar-refractivity contribution in [3.8, 4) is 16.9 Å². The van der Waals surface area contributed by atoms with Crippen molar-refractivity contribution >= 4 is 17.3 Å². The first-order valence-electron chi connectivity index (χ1n) is 10.1. The molecule has 8 nitrogen and oxygen atoms in total. The molecule has 0 unspecified atom stereocenters. The number of ether oxygens (including phenoxy) is 1. The minimum absolute atomic E-state index is 0.0846. The van der Waals surface area contributed by atoms with E-state index in [-0.39, 0.29) is 17.7 Å². The largest absolute Gasteiger partial charge is 0.494 e. The first-order valence-corrected chi connectivity index (χ1v) is 10.1. The van der Waals surface area contributed by atoms with Gasteiger partial charge in [-0.15, -0.1) is 10.2 Å². The standard InChI is InChI=1S/C23H19F2N7O/c1-31-19(6-9-27-31)28-18-11-14(5-8-26-18)15-7-10-32-20(12-15)29-30-21(32)13-16-3-4-17(33-2)23(25)22(16)24/h3-12H,13H2,1-2H3,(H,26,28). The number of aryl methyl sites for hydroxylation is 1. The third-order valence-electron chi connectivity index (χ3n) is 5.35. The molecule has 0 aliphatic heterocycles. The Balaban J connectivity index is 1.43. The van der Waals surface area contributed by atoms with Crippen molar-refractivity contribution in [1.82, 2.24) is 29.4 Å². The van der Waals surface area contributed by atoms with Gasteiger partial charge in [0.1, 0.15) is 17.5 Å². The van der Waals surface area contributed by atoms with Gasteiger partial charge >= 0.3 is 0 Å². The monoisotopic (exact) mass is 447 g/mol. The summed E-state index contributed by atoms with van der Waals surface area (Å²) in [5.41, 5.74) is 2.62. The number of pyridine rings is 2. The Kier molecular flexibility index (Phi) is 5.17. The van der Waals surface area contributed by atoms with Crippen LogP contribution < -0.4 is 10.1 Å². The Bertz CT molecular complexity index is 1460. The van der Waals surface area contributed by atoms with Crippen LogP contribution in [0.4, 0.5) is 20.4 Å². The zero-order chi connectivity index (χ0) is 22.9. The van der Waals surface area contributed by atoms with E-state index in [4.69, 9.17) is 4.74 Å². The number of anilines is 2. The summed E-state index contributed by atoms with van der Waals surface area (Å²) in [5.74, 6) is -0.114. The molecule has 1 aromatic carbocycles. The molecule has 5 rings (SSSR count). The number of hydrogen-bond acceptors (Lipinski definition) is 6. The SMILES string of the molecule is COc1ccc(Cc2nnc3cc(-c4ccnc(Nc5ccnn5C)c4)ccn23)c(F)c1F. The van der Waals surface area contributed by atoms with E-state index in [1.807, 2.05) is 43.6 Å². The molecule has 5 aromatic rings. The van der Waals surface area contributed by atoms with E-state index in [0.29, 0.717) is 17.3 Å². The summed E-state index contributed by atoms with van der Waals surface area (Å²) in [6.45, 7) is 0. The molecular weight excluding hydrogens is 428 g/mol. The average molecular weight is 447 g/mol. The molecule has 0 aliphatic rings. The molecule has 0 aliphatic carbocycles. The van der Waals surface area contributed by atoms with Crippen molar-refractivity contribution < 1.29 is 13.5 Å². The van der Waals surface area contributed by atoms with E-state index in [1.54, 1.807) is 21.5 Å². The highest BCUT2D eigenvalue weighted by molar-refractivity contribution is 5.70. The van der Waals surface area contributed by atoms with Crippen LogP contribution in [0.2, 0.25) is 0 Å². The number of nitrogens with zero attached hydrogens (tertiary/aromatic N) is 6. The van der Waals surface area contributed by atoms with Crippen LogP contribution in [0.5, 0.6) is 5.75 Å². The number of fused-ring (bicyclic) bond motifs is 1. The van der Waals surface area contributed by atoms with E-state index >= 15 is 0 Å². The summed E-state index contributed by atoms with van der Waals surface area (Å²) in [6.07, 6.45) is 5.32. The lowest BCUT2D eigenvalue weighted by molar-refractivity contribution is 0.370. The molecule has 4 aromatic heterocycles. The van der Waals surface area contributed by atoms with E-state index in [0.717, 1.165) is 16.9 Å². The lowest BCUT2D eigenvalue weighted by atomic mass is 10.1. The second kappa shape index (κ2) is 8.30. The summed E-state index contributed by atoms with van der Waals surface area (Å²) < 4.78 is 36.7. The van der Waals surface area contributed by atoms with Crippen molar-refractivity contribution in [2.75, 3.05) is 12.4 Å². The molecule has 0 radical (unpaired) electrons. The fourth-order valence-electron chi connectivity index (χ4n) is 3.58. The van der Waals surface area contributed by atoms with E-state index < -0.39 is 11.6 Å². The quantitative estimate of drug-likeness (QED) is 0.421. The highest BCUT2D eigenvalue weighted by Gasteiger charge is 2.17. The van der Waals surface area contributed by atoms with Crippen molar-refractivity contribution in [2.45, 2.75) is 6.42 Å². The maximum Gasteiger partial charge on any atom is 0.200 e. The summed E-state index contributed by atoms with van der Waals surface area (Å²) in [4.78, 5) is 4.36. The predicted molar refractivity (Wildman–Crippen MR) is 118 cm³/mol. The molecule has 166 valence electrons. The number of halogens is 2. The topological polar surface area (TPSA) is 82.2 Å². The van der Waals surface area contributed by atoms with Crippen LogP contribution >= 0.6 is 0 Å². The minimum Gasteiger partial charge on any atom is -0.494 e. The van der Waals surface area contributed by atoms with E-state index in [2.05, 4.69) is 25.6 Å². The summed E-state index contributed by atoms with van der Waals surface area (Å²) in [5, 5.41) is 15.8. The molecule has 0 bridgehead atoms. The molecule has 0 saturated heterocycles. The van der Waals surface area contributed by atoms with Crippen LogP contribution in [0.1, 0.15) is 11.4 Å². The van der Waals surface area contributed by atoms with Crippen molar-refractivity contribution in [2.24, 2.45) is 7.05 Å². The fraction of sp³-hybridized carbons (Fsp3) is 0.130. The van der Waals surface area contributed by atoms with Crippen molar-refractivity contribution in [3.05, 3.63) is 84.1 Å². The van der Waals surface area contributed by atoms with Gasteiger partial charge in [-0.05, 0) is 47.0 Å². The summed E-state index contributed by atoms with van der Waals surface area (Å²) >= 11 is 0. The molecule has 0 saturated carbocycles. The Morgan fingerprint density at radius 3 is 2.61 bits per heavy atom. The van der Waals surface area contributed by atoms with Gasteiger partial charge in [0.05, 0.1) is 13.3 Å². The number of nitrogens with one attached hydrogen (secondary N) is 1. The second-order valence-corrected chi connectivity index (χ2v) is 7.39. The van der Waals surface area contributed by atoms with Crippen LogP contribution in [-0.2, 0) is 13.5 Å². The number of hydrogen-bond donors (Lipinski definition) is 1. The van der Waals surface area contributed by atoms with Gasteiger partial charge in [0.25, 0.3) is 0 Å². The number of benzene rings is 1. The van der Waals surface area contributed by atoms with Gasteiger partial charge in [-0.1, -0.05) is 6.07 Å². The highest BCUT2D eigenvalue weighted by atomic mass is 19.2. The molecule has 10 heteroatoms. The Labute approximate surface area is 187 Å². The van der Waals surface area contributed by atoms with Gasteiger partial charge in [0.2, 0.25) is 5.82 Å². The molecule has 33 heavy (non-hydrogen) atoms. The Morgan fingerprint density at radius 1 is 0.970 bits per heavy atom. The number of aromatic nitrogens is 6. The third-order valence-corrected chi connectivity index (χ3v) is 5.35. The van der Waals surface area contributed by atoms with E-state index in [1.165, 1.54) is 19.2 Å². The molecule has 4 heterocycles. The molecule has 0 fully saturated rings. The Morgan fingerprint density at radius 2 is 1.82 bits per heavy atom. The third kappa shape index (κ3) is 3.86. The first kappa shape index (κ1) is 20.6. The van der Waals surface area contributed by atoms with Crippen molar-refractivity contribution in [1.29, 1.82) is 0 Å². The number of rotatable bonds is 6. The first-order chi connectivity index (χ1) is 16.0. The maximum atomic E-state index is 14.4. The van der Waals surface area contributed by atoms with Crippen molar-refractivity contribution in [3.63, 3.8) is 0 Å². The molecule has 0 spiro atoms. The van der Waals surface area contributed by atoms with Gasteiger partial charge in [-0.2, -0.15) is 9.49 Å². The summed E-state index contributed by atoms with van der Waals surface area (Å²) in [6, 6.07) is 12.4. The summed E-state index contributed by atoms with van der Waals surface area (Å²) in [7, 11) is 3.14. The minimum atomic E-state index is -1.01. The number of methoxy groups -OCH3 is 1. The van der Waals surface area contributed by atoms with Gasteiger partial charge in [0.15, 0.2) is 17.2 Å². The van der Waals surface area contributed by atoms with Gasteiger partial charge in [-0.3, -0.25) is 9.08 Å². The average Bonchev–Trinajstić information content (AvgIpc) is 3.42. The van der Waals surface area contributed by atoms with Crippen LogP contribution in [0.3, 0.4) is 0 Å². The molecule has 0 atom stereocenters. The predicted octanol–water partition coefficient (Wildman–Crippen LogP) is 4.15. The fourth-order valence-corrected chi connectivity index (χ4v) is 3.58. The van der Waals surface area contributed by atoms with Crippen LogP contribution in [0.15, 0.2) is 61.1 Å². The van der Waals surface area contributed by atoms with Crippen LogP contribution in [-0.4, -0.2) is 36.5 Å². The lowest BCUT2D eigenvalue weighted by Gasteiger charge is -2.09.